The molecule has 0 spiro atoms. The van der Waals surface area contributed by atoms with Crippen LogP contribution in [0.2, 0.25) is 0 Å². The van der Waals surface area contributed by atoms with Gasteiger partial charge in [0.1, 0.15) is 12.4 Å². The van der Waals surface area contributed by atoms with Crippen LogP contribution in [0.25, 0.3) is 0 Å². The molecular weight excluding hydrogens is 272 g/mol. The Morgan fingerprint density at radius 1 is 1.14 bits per heavy atom. The average Bonchev–Trinajstić information content (AvgIpc) is 2.49. The third-order valence-electron chi connectivity index (χ3n) is 4.18. The topological polar surface area (TPSA) is 33.3 Å². The molecule has 0 aromatic heterocycles. The molecular formula is C19H24N2O. The lowest BCUT2D eigenvalue weighted by Gasteiger charge is -2.27. The zero-order valence-electron chi connectivity index (χ0n) is 13.1. The van der Waals surface area contributed by atoms with Gasteiger partial charge in [0, 0.05) is 26.2 Å². The molecule has 0 amide bonds. The van der Waals surface area contributed by atoms with Crippen LogP contribution in [0.1, 0.15) is 16.7 Å². The first-order valence-corrected chi connectivity index (χ1v) is 7.99. The van der Waals surface area contributed by atoms with Gasteiger partial charge in [-0.1, -0.05) is 36.4 Å². The summed E-state index contributed by atoms with van der Waals surface area (Å²) in [6.07, 6.45) is 0. The zero-order chi connectivity index (χ0) is 15.2. The number of benzene rings is 2. The Hall–Kier alpha value is -1.84. The highest BCUT2D eigenvalue weighted by Crippen LogP contribution is 2.16. The summed E-state index contributed by atoms with van der Waals surface area (Å²) in [5, 5.41) is 6.81. The van der Waals surface area contributed by atoms with Crippen LogP contribution in [0, 0.1) is 12.8 Å². The number of hydrogen-bond acceptors (Lipinski definition) is 3. The predicted octanol–water partition coefficient (Wildman–Crippen LogP) is 2.88. The molecule has 1 fully saturated rings. The van der Waals surface area contributed by atoms with Crippen LogP contribution < -0.4 is 15.4 Å². The second-order valence-corrected chi connectivity index (χ2v) is 6.02. The molecule has 0 bridgehead atoms. The lowest BCUT2D eigenvalue weighted by atomic mass is 10.0. The summed E-state index contributed by atoms with van der Waals surface area (Å²) in [6.45, 7) is 7.02. The maximum Gasteiger partial charge on any atom is 0.120 e. The maximum atomic E-state index is 5.94. The Bertz CT molecular complexity index is 608. The molecule has 3 heteroatoms. The molecule has 116 valence electrons. The van der Waals surface area contributed by atoms with Crippen LogP contribution in [-0.2, 0) is 13.2 Å². The lowest BCUT2D eigenvalue weighted by molar-refractivity contribution is 0.304. The van der Waals surface area contributed by atoms with E-state index < -0.39 is 0 Å². The van der Waals surface area contributed by atoms with Crippen molar-refractivity contribution in [1.82, 2.24) is 10.6 Å². The SMILES string of the molecule is Cc1ccccc1COc1cccc(CNCC2CNC2)c1. The minimum absolute atomic E-state index is 0.622. The molecule has 0 aliphatic carbocycles. The van der Waals surface area contributed by atoms with Gasteiger partial charge in [0.25, 0.3) is 0 Å². The molecule has 1 saturated heterocycles. The Morgan fingerprint density at radius 2 is 2.00 bits per heavy atom. The van der Waals surface area contributed by atoms with Gasteiger partial charge < -0.3 is 15.4 Å². The first kappa shape index (κ1) is 15.1. The standard InChI is InChI=1S/C19H24N2O/c1-15-5-2-3-7-18(15)14-22-19-8-4-6-16(9-19)10-20-11-17-12-21-13-17/h2-9,17,20-21H,10-14H2,1H3. The third kappa shape index (κ3) is 4.09. The molecule has 3 nitrogen and oxygen atoms in total. The van der Waals surface area contributed by atoms with Gasteiger partial charge in [0.15, 0.2) is 0 Å². The molecule has 1 aliphatic rings. The first-order chi connectivity index (χ1) is 10.8. The minimum atomic E-state index is 0.622. The van der Waals surface area contributed by atoms with Gasteiger partial charge in [-0.25, -0.2) is 0 Å². The molecule has 0 radical (unpaired) electrons. The molecule has 1 aliphatic heterocycles. The number of aryl methyl sites for hydroxylation is 1. The second kappa shape index (κ2) is 7.43. The van der Waals surface area contributed by atoms with Gasteiger partial charge in [0.2, 0.25) is 0 Å². The van der Waals surface area contributed by atoms with Crippen molar-refractivity contribution >= 4 is 0 Å². The van der Waals surface area contributed by atoms with E-state index in [1.54, 1.807) is 0 Å². The summed E-state index contributed by atoms with van der Waals surface area (Å²) >= 11 is 0. The van der Waals surface area contributed by atoms with Crippen molar-refractivity contribution in [2.75, 3.05) is 19.6 Å². The third-order valence-corrected chi connectivity index (χ3v) is 4.18. The van der Waals surface area contributed by atoms with Crippen molar-refractivity contribution in [1.29, 1.82) is 0 Å². The predicted molar refractivity (Wildman–Crippen MR) is 90.0 cm³/mol. The Balaban J connectivity index is 1.51. The van der Waals surface area contributed by atoms with Crippen molar-refractivity contribution in [2.24, 2.45) is 5.92 Å². The summed E-state index contributed by atoms with van der Waals surface area (Å²) < 4.78 is 5.94. The average molecular weight is 296 g/mol. The lowest BCUT2D eigenvalue weighted by Crippen LogP contribution is -2.47. The molecule has 0 unspecified atom stereocenters. The van der Waals surface area contributed by atoms with E-state index in [9.17, 15) is 0 Å². The highest BCUT2D eigenvalue weighted by Gasteiger charge is 2.15. The van der Waals surface area contributed by atoms with Crippen LogP contribution in [-0.4, -0.2) is 19.6 Å². The number of nitrogens with one attached hydrogen (secondary N) is 2. The van der Waals surface area contributed by atoms with E-state index in [-0.39, 0.29) is 0 Å². The monoisotopic (exact) mass is 296 g/mol. The van der Waals surface area contributed by atoms with Gasteiger partial charge in [-0.05, 0) is 41.7 Å². The van der Waals surface area contributed by atoms with Crippen molar-refractivity contribution in [3.05, 3.63) is 65.2 Å². The van der Waals surface area contributed by atoms with E-state index in [4.69, 9.17) is 4.74 Å². The fourth-order valence-electron chi connectivity index (χ4n) is 2.59. The van der Waals surface area contributed by atoms with Crippen molar-refractivity contribution in [2.45, 2.75) is 20.1 Å². The zero-order valence-corrected chi connectivity index (χ0v) is 13.1. The highest BCUT2D eigenvalue weighted by molar-refractivity contribution is 5.30. The molecule has 1 heterocycles. The molecule has 22 heavy (non-hydrogen) atoms. The molecule has 0 saturated carbocycles. The van der Waals surface area contributed by atoms with Gasteiger partial charge in [-0.3, -0.25) is 0 Å². The quantitative estimate of drug-likeness (QED) is 0.824. The first-order valence-electron chi connectivity index (χ1n) is 7.99. The van der Waals surface area contributed by atoms with Gasteiger partial charge in [0.05, 0.1) is 0 Å². The van der Waals surface area contributed by atoms with Crippen LogP contribution in [0.4, 0.5) is 0 Å². The van der Waals surface area contributed by atoms with Gasteiger partial charge in [-0.2, -0.15) is 0 Å². The van der Waals surface area contributed by atoms with E-state index in [1.807, 2.05) is 6.07 Å². The van der Waals surface area contributed by atoms with Crippen LogP contribution >= 0.6 is 0 Å². The normalized spacial score (nSPS) is 14.6. The largest absolute Gasteiger partial charge is 0.489 e. The van der Waals surface area contributed by atoms with Crippen LogP contribution in [0.5, 0.6) is 5.75 Å². The van der Waals surface area contributed by atoms with Crippen LogP contribution in [0.3, 0.4) is 0 Å². The van der Waals surface area contributed by atoms with Gasteiger partial charge >= 0.3 is 0 Å². The minimum Gasteiger partial charge on any atom is -0.489 e. The molecule has 3 rings (SSSR count). The fourth-order valence-corrected chi connectivity index (χ4v) is 2.59. The summed E-state index contributed by atoms with van der Waals surface area (Å²) in [7, 11) is 0. The van der Waals surface area contributed by atoms with E-state index in [1.165, 1.54) is 16.7 Å². The Kier molecular flexibility index (Phi) is 5.09. The number of hydrogen-bond donors (Lipinski definition) is 2. The summed E-state index contributed by atoms with van der Waals surface area (Å²) in [5.41, 5.74) is 3.78. The number of ether oxygens (including phenoxy) is 1. The fraction of sp³-hybridized carbons (Fsp3) is 0.368. The van der Waals surface area contributed by atoms with E-state index in [2.05, 4.69) is 60.0 Å². The smallest absolute Gasteiger partial charge is 0.120 e. The molecule has 2 aromatic carbocycles. The number of rotatable bonds is 7. The van der Waals surface area contributed by atoms with Crippen molar-refractivity contribution < 1.29 is 4.74 Å². The summed E-state index contributed by atoms with van der Waals surface area (Å²) in [4.78, 5) is 0. The Labute approximate surface area is 132 Å². The highest BCUT2D eigenvalue weighted by atomic mass is 16.5. The van der Waals surface area contributed by atoms with Crippen molar-refractivity contribution in [3.63, 3.8) is 0 Å². The van der Waals surface area contributed by atoms with E-state index >= 15 is 0 Å². The van der Waals surface area contributed by atoms with E-state index in [0.29, 0.717) is 6.61 Å². The van der Waals surface area contributed by atoms with Crippen LogP contribution in [0.15, 0.2) is 48.5 Å². The molecule has 0 atom stereocenters. The van der Waals surface area contributed by atoms with Crippen molar-refractivity contribution in [3.8, 4) is 5.75 Å². The maximum absolute atomic E-state index is 5.94. The van der Waals surface area contributed by atoms with Gasteiger partial charge in [-0.15, -0.1) is 0 Å². The molecule has 2 aromatic rings. The molecule has 2 N–H and O–H groups in total. The second-order valence-electron chi connectivity index (χ2n) is 6.02. The van der Waals surface area contributed by atoms with E-state index in [0.717, 1.165) is 37.8 Å². The summed E-state index contributed by atoms with van der Waals surface area (Å²) in [5.74, 6) is 1.73. The Morgan fingerprint density at radius 3 is 2.77 bits per heavy atom. The summed E-state index contributed by atoms with van der Waals surface area (Å²) in [6, 6.07) is 16.7.